The number of aliphatic hydroxyl groups excluding tert-OH is 1. The van der Waals surface area contributed by atoms with Crippen LogP contribution in [0.1, 0.15) is 6.92 Å². The van der Waals surface area contributed by atoms with Crippen LogP contribution in [0.5, 0.6) is 11.5 Å². The van der Waals surface area contributed by atoms with Crippen molar-refractivity contribution >= 4 is 21.8 Å². The van der Waals surface area contributed by atoms with Crippen molar-refractivity contribution in [1.82, 2.24) is 4.72 Å². The zero-order chi connectivity index (χ0) is 16.0. The molecule has 0 spiro atoms. The molecule has 6 nitrogen and oxygen atoms in total. The summed E-state index contributed by atoms with van der Waals surface area (Å²) in [5, 5.41) is 9.01. The lowest BCUT2D eigenvalue weighted by Crippen LogP contribution is -2.41. The Morgan fingerprint density at radius 2 is 1.90 bits per heavy atom. The van der Waals surface area contributed by atoms with Crippen molar-refractivity contribution in [2.24, 2.45) is 0 Å². The van der Waals surface area contributed by atoms with Gasteiger partial charge in [0.2, 0.25) is 10.0 Å². The molecule has 0 fully saturated rings. The Hall–Kier alpha value is -0.960. The van der Waals surface area contributed by atoms with Gasteiger partial charge in [0.1, 0.15) is 0 Å². The zero-order valence-electron chi connectivity index (χ0n) is 12.5. The summed E-state index contributed by atoms with van der Waals surface area (Å²) in [6.45, 7) is 1.62. The maximum atomic E-state index is 12.3. The summed E-state index contributed by atoms with van der Waals surface area (Å²) in [6.07, 6.45) is 1.82. The fraction of sp³-hybridized carbons (Fsp3) is 0.538. The molecule has 0 saturated heterocycles. The molecule has 0 bridgehead atoms. The second kappa shape index (κ2) is 7.88. The van der Waals surface area contributed by atoms with E-state index in [1.54, 1.807) is 6.92 Å². The van der Waals surface area contributed by atoms with Crippen LogP contribution in [0.4, 0.5) is 0 Å². The molecule has 0 radical (unpaired) electrons. The van der Waals surface area contributed by atoms with Crippen molar-refractivity contribution in [2.45, 2.75) is 23.1 Å². The van der Waals surface area contributed by atoms with Gasteiger partial charge in [0.05, 0.1) is 25.7 Å². The van der Waals surface area contributed by atoms with Gasteiger partial charge >= 0.3 is 0 Å². The summed E-state index contributed by atoms with van der Waals surface area (Å²) in [7, 11) is -0.765. The van der Waals surface area contributed by atoms with Crippen molar-refractivity contribution in [1.29, 1.82) is 0 Å². The molecule has 2 atom stereocenters. The lowest BCUT2D eigenvalue weighted by Gasteiger charge is -2.21. The summed E-state index contributed by atoms with van der Waals surface area (Å²) in [5.74, 6) is 0.804. The number of nitrogens with one attached hydrogen (secondary N) is 1. The van der Waals surface area contributed by atoms with Gasteiger partial charge in [-0.1, -0.05) is 0 Å². The molecular weight excluding hydrogens is 314 g/mol. The van der Waals surface area contributed by atoms with Gasteiger partial charge in [-0.25, -0.2) is 13.1 Å². The van der Waals surface area contributed by atoms with Crippen LogP contribution in [0.25, 0.3) is 0 Å². The van der Waals surface area contributed by atoms with E-state index in [1.807, 2.05) is 6.26 Å². The predicted octanol–water partition coefficient (Wildman–Crippen LogP) is 1.09. The van der Waals surface area contributed by atoms with Crippen LogP contribution in [0.3, 0.4) is 0 Å². The molecule has 1 aromatic rings. The average molecular weight is 335 g/mol. The van der Waals surface area contributed by atoms with Gasteiger partial charge in [0, 0.05) is 17.4 Å². The van der Waals surface area contributed by atoms with Crippen molar-refractivity contribution in [2.75, 3.05) is 27.1 Å². The molecule has 0 aliphatic heterocycles. The minimum absolute atomic E-state index is 0.0878. The van der Waals surface area contributed by atoms with E-state index in [0.717, 1.165) is 0 Å². The van der Waals surface area contributed by atoms with Gasteiger partial charge < -0.3 is 14.6 Å². The summed E-state index contributed by atoms with van der Waals surface area (Å²) >= 11 is 1.41. The first-order valence-corrected chi connectivity index (χ1v) is 9.04. The standard InChI is InChI=1S/C13H21NO5S2/c1-9(13(8-15)20-4)14-21(16,17)10-5-6-11(18-2)12(7-10)19-3/h5-7,9,13-15H,8H2,1-4H3. The molecule has 8 heteroatoms. The minimum atomic E-state index is -3.69. The first-order chi connectivity index (χ1) is 9.89. The number of benzene rings is 1. The molecule has 1 rings (SSSR count). The Bertz CT molecular complexity index is 558. The number of hydrogen-bond donors (Lipinski definition) is 2. The Kier molecular flexibility index (Phi) is 6.79. The van der Waals surface area contributed by atoms with Crippen molar-refractivity contribution < 1.29 is 23.0 Å². The lowest BCUT2D eigenvalue weighted by atomic mass is 10.3. The van der Waals surface area contributed by atoms with Crippen LogP contribution >= 0.6 is 11.8 Å². The lowest BCUT2D eigenvalue weighted by molar-refractivity contribution is 0.282. The molecule has 2 unspecified atom stereocenters. The van der Waals surface area contributed by atoms with E-state index in [9.17, 15) is 13.5 Å². The van der Waals surface area contributed by atoms with Gasteiger partial charge in [-0.15, -0.1) is 0 Å². The highest BCUT2D eigenvalue weighted by molar-refractivity contribution is 7.99. The molecular formula is C13H21NO5S2. The van der Waals surface area contributed by atoms with Gasteiger partial charge in [-0.2, -0.15) is 11.8 Å². The van der Waals surface area contributed by atoms with E-state index in [-0.39, 0.29) is 16.8 Å². The molecule has 0 aromatic heterocycles. The number of sulfonamides is 1. The largest absolute Gasteiger partial charge is 0.493 e. The van der Waals surface area contributed by atoms with Crippen LogP contribution in [0.2, 0.25) is 0 Å². The monoisotopic (exact) mass is 335 g/mol. The first-order valence-electron chi connectivity index (χ1n) is 6.27. The number of rotatable bonds is 8. The van der Waals surface area contributed by atoms with E-state index in [2.05, 4.69) is 4.72 Å². The highest BCUT2D eigenvalue weighted by atomic mass is 32.2. The normalized spacial score (nSPS) is 14.5. The molecule has 120 valence electrons. The van der Waals surface area contributed by atoms with E-state index in [4.69, 9.17) is 9.47 Å². The van der Waals surface area contributed by atoms with Gasteiger partial charge in [0.25, 0.3) is 0 Å². The number of hydrogen-bond acceptors (Lipinski definition) is 6. The Morgan fingerprint density at radius 1 is 1.29 bits per heavy atom. The molecule has 21 heavy (non-hydrogen) atoms. The number of thioether (sulfide) groups is 1. The Balaban J connectivity index is 3.03. The molecule has 2 N–H and O–H groups in total. The predicted molar refractivity (Wildman–Crippen MR) is 83.7 cm³/mol. The maximum absolute atomic E-state index is 12.3. The average Bonchev–Trinajstić information content (AvgIpc) is 2.47. The van der Waals surface area contributed by atoms with Gasteiger partial charge in [-0.05, 0) is 25.3 Å². The van der Waals surface area contributed by atoms with E-state index >= 15 is 0 Å². The van der Waals surface area contributed by atoms with Crippen molar-refractivity contribution in [3.63, 3.8) is 0 Å². The van der Waals surface area contributed by atoms with E-state index in [1.165, 1.54) is 44.2 Å². The summed E-state index contributed by atoms with van der Waals surface area (Å²) in [6, 6.07) is 3.99. The van der Waals surface area contributed by atoms with E-state index < -0.39 is 16.1 Å². The zero-order valence-corrected chi connectivity index (χ0v) is 14.1. The van der Waals surface area contributed by atoms with Crippen LogP contribution in [-0.2, 0) is 10.0 Å². The molecule has 0 heterocycles. The topological polar surface area (TPSA) is 84.9 Å². The summed E-state index contributed by atoms with van der Waals surface area (Å²) in [4.78, 5) is 0.0878. The third-order valence-electron chi connectivity index (χ3n) is 3.05. The third kappa shape index (κ3) is 4.50. The quantitative estimate of drug-likeness (QED) is 0.740. The maximum Gasteiger partial charge on any atom is 0.240 e. The fourth-order valence-corrected chi connectivity index (χ4v) is 3.82. The van der Waals surface area contributed by atoms with E-state index in [0.29, 0.717) is 11.5 Å². The van der Waals surface area contributed by atoms with Crippen LogP contribution in [0.15, 0.2) is 23.1 Å². The number of ether oxygens (including phenoxy) is 2. The number of aliphatic hydroxyl groups is 1. The number of methoxy groups -OCH3 is 2. The molecule has 0 aliphatic rings. The molecule has 0 saturated carbocycles. The molecule has 1 aromatic carbocycles. The summed E-state index contributed by atoms with van der Waals surface area (Å²) in [5.41, 5.74) is 0. The molecule has 0 aliphatic carbocycles. The van der Waals surface area contributed by atoms with Crippen molar-refractivity contribution in [3.8, 4) is 11.5 Å². The minimum Gasteiger partial charge on any atom is -0.493 e. The van der Waals surface area contributed by atoms with Gasteiger partial charge in [0.15, 0.2) is 11.5 Å². The van der Waals surface area contributed by atoms with Crippen LogP contribution in [-0.4, -0.2) is 51.9 Å². The smallest absolute Gasteiger partial charge is 0.240 e. The Labute approximate surface area is 129 Å². The Morgan fingerprint density at radius 3 is 2.38 bits per heavy atom. The fourth-order valence-electron chi connectivity index (χ4n) is 1.81. The van der Waals surface area contributed by atoms with Gasteiger partial charge in [-0.3, -0.25) is 0 Å². The SMILES string of the molecule is COc1ccc(S(=O)(=O)NC(C)C(CO)SC)cc1OC. The first kappa shape index (κ1) is 18.1. The van der Waals surface area contributed by atoms with Crippen LogP contribution < -0.4 is 14.2 Å². The molecule has 0 amide bonds. The summed E-state index contributed by atoms with van der Waals surface area (Å²) < 4.78 is 37.4. The third-order valence-corrected chi connectivity index (χ3v) is 5.77. The second-order valence-electron chi connectivity index (χ2n) is 4.38. The van der Waals surface area contributed by atoms with Crippen molar-refractivity contribution in [3.05, 3.63) is 18.2 Å². The highest BCUT2D eigenvalue weighted by Crippen LogP contribution is 2.29. The highest BCUT2D eigenvalue weighted by Gasteiger charge is 2.23. The second-order valence-corrected chi connectivity index (χ2v) is 7.17. The van der Waals surface area contributed by atoms with Crippen LogP contribution in [0, 0.1) is 0 Å².